The number of anilines is 1. The van der Waals surface area contributed by atoms with Gasteiger partial charge in [-0.05, 0) is 6.07 Å². The van der Waals surface area contributed by atoms with Crippen LogP contribution in [0.2, 0.25) is 0 Å². The Morgan fingerprint density at radius 3 is 2.62 bits per heavy atom. The maximum absolute atomic E-state index is 13.1. The maximum Gasteiger partial charge on any atom is 0.337 e. The van der Waals surface area contributed by atoms with Gasteiger partial charge in [-0.25, -0.2) is 18.4 Å². The van der Waals surface area contributed by atoms with Crippen molar-refractivity contribution in [1.29, 1.82) is 0 Å². The van der Waals surface area contributed by atoms with Gasteiger partial charge in [0.15, 0.2) is 17.5 Å². The fraction of sp³-hybridized carbons (Fsp3) is 0.0909. The molecular formula is C11H8F2N4O4. The number of hydrogen-bond acceptors (Lipinski definition) is 5. The second-order valence-electron chi connectivity index (χ2n) is 3.77. The number of rotatable bonds is 4. The number of carbonyl (C=O) groups excluding carboxylic acids is 1. The first kappa shape index (κ1) is 14.4. The van der Waals surface area contributed by atoms with Crippen molar-refractivity contribution in [2.24, 2.45) is 0 Å². The molecule has 10 heteroatoms. The molecule has 110 valence electrons. The van der Waals surface area contributed by atoms with Gasteiger partial charge in [0.25, 0.3) is 0 Å². The van der Waals surface area contributed by atoms with Crippen molar-refractivity contribution in [3.8, 4) is 0 Å². The number of nitrogens with zero attached hydrogens (tertiary/aromatic N) is 2. The largest absolute Gasteiger partial charge is 0.478 e. The van der Waals surface area contributed by atoms with Crippen molar-refractivity contribution in [2.75, 3.05) is 5.32 Å². The zero-order valence-corrected chi connectivity index (χ0v) is 10.3. The normalized spacial score (nSPS) is 10.2. The van der Waals surface area contributed by atoms with Crippen molar-refractivity contribution >= 4 is 17.7 Å². The summed E-state index contributed by atoms with van der Waals surface area (Å²) in [7, 11) is 0. The first-order valence-corrected chi connectivity index (χ1v) is 5.50. The number of aromatic nitrogens is 2. The van der Waals surface area contributed by atoms with E-state index >= 15 is 0 Å². The number of nitrogens with one attached hydrogen (secondary N) is 2. The molecule has 0 fully saturated rings. The molecule has 3 N–H and O–H groups in total. The summed E-state index contributed by atoms with van der Waals surface area (Å²) in [6.07, 6.45) is 1.06. The summed E-state index contributed by atoms with van der Waals surface area (Å²) in [6, 6.07) is 0.215. The van der Waals surface area contributed by atoms with Gasteiger partial charge in [0.1, 0.15) is 0 Å². The average Bonchev–Trinajstić information content (AvgIpc) is 2.93. The number of aromatic carboxylic acids is 1. The lowest BCUT2D eigenvalue weighted by atomic mass is 10.1. The summed E-state index contributed by atoms with van der Waals surface area (Å²) in [6.45, 7) is -0.0889. The van der Waals surface area contributed by atoms with Crippen LogP contribution in [-0.4, -0.2) is 27.2 Å². The van der Waals surface area contributed by atoms with Crippen LogP contribution in [0.1, 0.15) is 16.2 Å². The highest BCUT2D eigenvalue weighted by Gasteiger charge is 2.17. The summed E-state index contributed by atoms with van der Waals surface area (Å²) >= 11 is 0. The topological polar surface area (TPSA) is 117 Å². The molecule has 0 atom stereocenters. The van der Waals surface area contributed by atoms with E-state index in [0.717, 1.165) is 6.39 Å². The minimum Gasteiger partial charge on any atom is -0.478 e. The van der Waals surface area contributed by atoms with Gasteiger partial charge in [-0.1, -0.05) is 5.16 Å². The van der Waals surface area contributed by atoms with Crippen molar-refractivity contribution < 1.29 is 28.0 Å². The van der Waals surface area contributed by atoms with Gasteiger partial charge in [0.2, 0.25) is 6.39 Å². The molecule has 2 aromatic rings. The van der Waals surface area contributed by atoms with Gasteiger partial charge in [-0.3, -0.25) is 0 Å². The zero-order valence-electron chi connectivity index (χ0n) is 10.3. The highest BCUT2D eigenvalue weighted by atomic mass is 19.2. The number of carbonyl (C=O) groups is 2. The molecule has 21 heavy (non-hydrogen) atoms. The van der Waals surface area contributed by atoms with E-state index in [2.05, 4.69) is 25.3 Å². The molecule has 1 aromatic carbocycles. The third-order valence-electron chi connectivity index (χ3n) is 2.35. The number of amides is 2. The minimum atomic E-state index is -1.51. The second-order valence-corrected chi connectivity index (χ2v) is 3.77. The highest BCUT2D eigenvalue weighted by molar-refractivity contribution is 6.00. The Labute approximate surface area is 115 Å². The molecule has 8 nitrogen and oxygen atoms in total. The minimum absolute atomic E-state index is 0.0889. The first-order valence-electron chi connectivity index (χ1n) is 5.50. The first-order chi connectivity index (χ1) is 9.97. The molecule has 0 radical (unpaired) electrons. The SMILES string of the molecule is O=C(NCc1ncon1)Nc1cc(F)c(F)cc1C(=O)O. The summed E-state index contributed by atoms with van der Waals surface area (Å²) in [5, 5.41) is 16.7. The Hall–Kier alpha value is -3.04. The molecule has 1 aromatic heterocycles. The molecular weight excluding hydrogens is 290 g/mol. The number of hydrogen-bond donors (Lipinski definition) is 3. The Morgan fingerprint density at radius 1 is 1.29 bits per heavy atom. The van der Waals surface area contributed by atoms with Crippen LogP contribution in [0.25, 0.3) is 0 Å². The lowest BCUT2D eigenvalue weighted by Gasteiger charge is -2.09. The fourth-order valence-electron chi connectivity index (χ4n) is 1.42. The third-order valence-corrected chi connectivity index (χ3v) is 2.35. The van der Waals surface area contributed by atoms with E-state index < -0.39 is 29.2 Å². The molecule has 0 aliphatic heterocycles. The summed E-state index contributed by atoms with van der Waals surface area (Å²) in [4.78, 5) is 26.1. The molecule has 0 aliphatic carbocycles. The molecule has 2 rings (SSSR count). The molecule has 1 heterocycles. The van der Waals surface area contributed by atoms with E-state index in [1.807, 2.05) is 0 Å². The summed E-state index contributed by atoms with van der Waals surface area (Å²) < 4.78 is 30.6. The Kier molecular flexibility index (Phi) is 4.07. The molecule has 0 bridgehead atoms. The monoisotopic (exact) mass is 298 g/mol. The maximum atomic E-state index is 13.1. The molecule has 2 amide bonds. The quantitative estimate of drug-likeness (QED) is 0.784. The standard InChI is InChI=1S/C11H8F2N4O4/c12-6-1-5(10(18)19)8(2-7(6)13)16-11(20)14-3-9-15-4-21-17-9/h1-2,4H,3H2,(H,18,19)(H2,14,16,20). The van der Waals surface area contributed by atoms with Crippen molar-refractivity contribution in [2.45, 2.75) is 6.54 Å². The second kappa shape index (κ2) is 5.94. The van der Waals surface area contributed by atoms with E-state index in [-0.39, 0.29) is 18.1 Å². The molecule has 0 saturated carbocycles. The van der Waals surface area contributed by atoms with Gasteiger partial charge in [-0.15, -0.1) is 0 Å². The van der Waals surface area contributed by atoms with Crippen molar-refractivity contribution in [3.63, 3.8) is 0 Å². The molecule has 0 unspecified atom stereocenters. The van der Waals surface area contributed by atoms with Crippen LogP contribution in [0.3, 0.4) is 0 Å². The predicted octanol–water partition coefficient (Wildman–Crippen LogP) is 1.37. The lowest BCUT2D eigenvalue weighted by Crippen LogP contribution is -2.29. The number of carboxylic acid groups (broad SMARTS) is 1. The van der Waals surface area contributed by atoms with Crippen LogP contribution < -0.4 is 10.6 Å². The Morgan fingerprint density at radius 2 is 2.00 bits per heavy atom. The fourth-order valence-corrected chi connectivity index (χ4v) is 1.42. The lowest BCUT2D eigenvalue weighted by molar-refractivity contribution is 0.0697. The van der Waals surface area contributed by atoms with E-state index in [9.17, 15) is 18.4 Å². The van der Waals surface area contributed by atoms with Gasteiger partial charge < -0.3 is 20.3 Å². The van der Waals surface area contributed by atoms with Crippen molar-refractivity contribution in [3.05, 3.63) is 41.5 Å². The molecule has 0 saturated heterocycles. The number of benzene rings is 1. The summed E-state index contributed by atoms with van der Waals surface area (Å²) in [5.41, 5.74) is -0.962. The van der Waals surface area contributed by atoms with Crippen LogP contribution in [0, 0.1) is 11.6 Å². The van der Waals surface area contributed by atoms with Gasteiger partial charge in [-0.2, -0.15) is 4.98 Å². The van der Waals surface area contributed by atoms with Crippen LogP contribution in [0.5, 0.6) is 0 Å². The zero-order chi connectivity index (χ0) is 15.4. The molecule has 0 spiro atoms. The smallest absolute Gasteiger partial charge is 0.337 e. The number of halogens is 2. The van der Waals surface area contributed by atoms with Crippen LogP contribution in [-0.2, 0) is 6.54 Å². The molecule has 0 aliphatic rings. The van der Waals surface area contributed by atoms with Gasteiger partial charge in [0, 0.05) is 6.07 Å². The van der Waals surface area contributed by atoms with Crippen LogP contribution >= 0.6 is 0 Å². The van der Waals surface area contributed by atoms with E-state index in [1.165, 1.54) is 0 Å². The van der Waals surface area contributed by atoms with Crippen LogP contribution in [0.4, 0.5) is 19.3 Å². The number of carboxylic acids is 1. The Balaban J connectivity index is 2.09. The third kappa shape index (κ3) is 3.49. The van der Waals surface area contributed by atoms with E-state index in [1.54, 1.807) is 0 Å². The predicted molar refractivity (Wildman–Crippen MR) is 63.5 cm³/mol. The van der Waals surface area contributed by atoms with Gasteiger partial charge >= 0.3 is 12.0 Å². The van der Waals surface area contributed by atoms with E-state index in [4.69, 9.17) is 5.11 Å². The van der Waals surface area contributed by atoms with Gasteiger partial charge in [0.05, 0.1) is 17.8 Å². The van der Waals surface area contributed by atoms with Crippen molar-refractivity contribution in [1.82, 2.24) is 15.5 Å². The average molecular weight is 298 g/mol. The highest BCUT2D eigenvalue weighted by Crippen LogP contribution is 2.20. The van der Waals surface area contributed by atoms with E-state index in [0.29, 0.717) is 12.1 Å². The number of urea groups is 1. The summed E-state index contributed by atoms with van der Waals surface area (Å²) in [5.74, 6) is -3.94. The van der Waals surface area contributed by atoms with Crippen LogP contribution in [0.15, 0.2) is 23.0 Å². The Bertz CT molecular complexity index is 675.